The summed E-state index contributed by atoms with van der Waals surface area (Å²) in [6.45, 7) is 4.72. The van der Waals surface area contributed by atoms with Crippen LogP contribution in [-0.2, 0) is 6.42 Å². The fourth-order valence-corrected chi connectivity index (χ4v) is 3.63. The van der Waals surface area contributed by atoms with Crippen LogP contribution in [0.15, 0.2) is 59.5 Å². The lowest BCUT2D eigenvalue weighted by Crippen LogP contribution is -2.27. The normalized spacial score (nSPS) is 11.4. The SMILES string of the molecule is CC(C)n1c(CCNC(=O)c2c[nH]c(=O)c3ccccc23)nc2ccccc21. The van der Waals surface area contributed by atoms with E-state index in [1.165, 1.54) is 6.20 Å². The number of H-pyrrole nitrogens is 1. The summed E-state index contributed by atoms with van der Waals surface area (Å²) in [5, 5.41) is 4.12. The zero-order valence-electron chi connectivity index (χ0n) is 15.9. The highest BCUT2D eigenvalue weighted by molar-refractivity contribution is 6.06. The first-order chi connectivity index (χ1) is 13.6. The Labute approximate surface area is 162 Å². The Hall–Kier alpha value is -3.41. The molecule has 2 N–H and O–H groups in total. The Morgan fingerprint density at radius 2 is 1.82 bits per heavy atom. The van der Waals surface area contributed by atoms with Gasteiger partial charge in [-0.15, -0.1) is 0 Å². The number of nitrogens with one attached hydrogen (secondary N) is 2. The van der Waals surface area contributed by atoms with Crippen LogP contribution in [0.5, 0.6) is 0 Å². The number of benzene rings is 2. The molecule has 4 rings (SSSR count). The van der Waals surface area contributed by atoms with E-state index >= 15 is 0 Å². The number of hydrogen-bond acceptors (Lipinski definition) is 3. The van der Waals surface area contributed by atoms with Crippen LogP contribution < -0.4 is 10.9 Å². The minimum atomic E-state index is -0.209. The molecule has 1 amide bonds. The predicted molar refractivity (Wildman–Crippen MR) is 111 cm³/mol. The fraction of sp³-hybridized carbons (Fsp3) is 0.227. The van der Waals surface area contributed by atoms with Gasteiger partial charge in [0, 0.05) is 36.0 Å². The van der Waals surface area contributed by atoms with Gasteiger partial charge in [-0.2, -0.15) is 0 Å². The highest BCUT2D eigenvalue weighted by Gasteiger charge is 2.15. The third-order valence-corrected chi connectivity index (χ3v) is 4.87. The van der Waals surface area contributed by atoms with Crippen LogP contribution in [0.2, 0.25) is 0 Å². The second kappa shape index (κ2) is 7.31. The van der Waals surface area contributed by atoms with E-state index in [-0.39, 0.29) is 17.5 Å². The number of pyridine rings is 1. The first-order valence-electron chi connectivity index (χ1n) is 9.40. The van der Waals surface area contributed by atoms with Crippen LogP contribution >= 0.6 is 0 Å². The largest absolute Gasteiger partial charge is 0.352 e. The summed E-state index contributed by atoms with van der Waals surface area (Å²) in [6.07, 6.45) is 2.10. The minimum absolute atomic E-state index is 0.196. The molecule has 0 saturated heterocycles. The average molecular weight is 374 g/mol. The topological polar surface area (TPSA) is 79.8 Å². The van der Waals surface area contributed by atoms with Crippen molar-refractivity contribution in [3.8, 4) is 0 Å². The van der Waals surface area contributed by atoms with Crippen molar-refractivity contribution in [2.24, 2.45) is 0 Å². The van der Waals surface area contributed by atoms with Crippen LogP contribution in [0.4, 0.5) is 0 Å². The van der Waals surface area contributed by atoms with Crippen LogP contribution in [-0.4, -0.2) is 27.0 Å². The van der Waals surface area contributed by atoms with Gasteiger partial charge < -0.3 is 14.9 Å². The highest BCUT2D eigenvalue weighted by Crippen LogP contribution is 2.21. The predicted octanol–water partition coefficient (Wildman–Crippen LogP) is 3.43. The first-order valence-corrected chi connectivity index (χ1v) is 9.40. The molecule has 0 atom stereocenters. The molecule has 6 heteroatoms. The van der Waals surface area contributed by atoms with Gasteiger partial charge in [0.25, 0.3) is 11.5 Å². The Morgan fingerprint density at radius 1 is 1.11 bits per heavy atom. The Kier molecular flexibility index (Phi) is 4.69. The van der Waals surface area contributed by atoms with E-state index in [2.05, 4.69) is 34.8 Å². The summed E-state index contributed by atoms with van der Waals surface area (Å²) in [5.74, 6) is 0.738. The molecule has 2 heterocycles. The molecular formula is C22H22N4O2. The average Bonchev–Trinajstić information content (AvgIpc) is 3.07. The smallest absolute Gasteiger partial charge is 0.255 e. The van der Waals surface area contributed by atoms with E-state index < -0.39 is 0 Å². The molecule has 0 aliphatic carbocycles. The molecule has 2 aromatic heterocycles. The summed E-state index contributed by atoms with van der Waals surface area (Å²) in [4.78, 5) is 32.0. The first kappa shape index (κ1) is 18.0. The molecule has 0 saturated carbocycles. The molecule has 0 radical (unpaired) electrons. The number of fused-ring (bicyclic) bond motifs is 2. The molecule has 0 aliphatic rings. The number of amides is 1. The van der Waals surface area contributed by atoms with Crippen molar-refractivity contribution >= 4 is 27.7 Å². The molecule has 0 fully saturated rings. The van der Waals surface area contributed by atoms with Gasteiger partial charge in [-0.1, -0.05) is 30.3 Å². The number of para-hydroxylation sites is 2. The van der Waals surface area contributed by atoms with Crippen molar-refractivity contribution in [1.29, 1.82) is 0 Å². The maximum Gasteiger partial charge on any atom is 0.255 e. The van der Waals surface area contributed by atoms with Gasteiger partial charge in [0.1, 0.15) is 5.82 Å². The Balaban J connectivity index is 1.54. The highest BCUT2D eigenvalue weighted by atomic mass is 16.1. The van der Waals surface area contributed by atoms with Gasteiger partial charge in [0.15, 0.2) is 0 Å². The maximum absolute atomic E-state index is 12.7. The fourth-order valence-electron chi connectivity index (χ4n) is 3.63. The lowest BCUT2D eigenvalue weighted by molar-refractivity contribution is 0.0955. The number of rotatable bonds is 5. The Morgan fingerprint density at radius 3 is 2.61 bits per heavy atom. The monoisotopic (exact) mass is 374 g/mol. The van der Waals surface area contributed by atoms with E-state index in [9.17, 15) is 9.59 Å². The molecule has 0 aliphatic heterocycles. The number of carbonyl (C=O) groups is 1. The summed E-state index contributed by atoms with van der Waals surface area (Å²) in [7, 11) is 0. The molecule has 0 spiro atoms. The van der Waals surface area contributed by atoms with Crippen LogP contribution in [0, 0.1) is 0 Å². The van der Waals surface area contributed by atoms with Crippen LogP contribution in [0.1, 0.15) is 36.1 Å². The van der Waals surface area contributed by atoms with Crippen LogP contribution in [0.3, 0.4) is 0 Å². The summed E-state index contributed by atoms with van der Waals surface area (Å²) in [5.41, 5.74) is 2.33. The zero-order chi connectivity index (χ0) is 19.7. The van der Waals surface area contributed by atoms with E-state index in [0.29, 0.717) is 29.3 Å². The van der Waals surface area contributed by atoms with E-state index in [1.807, 2.05) is 24.3 Å². The van der Waals surface area contributed by atoms with E-state index in [0.717, 1.165) is 16.9 Å². The van der Waals surface area contributed by atoms with Crippen molar-refractivity contribution in [3.63, 3.8) is 0 Å². The molecule has 142 valence electrons. The van der Waals surface area contributed by atoms with E-state index in [1.54, 1.807) is 18.2 Å². The molecule has 4 aromatic rings. The van der Waals surface area contributed by atoms with Crippen molar-refractivity contribution < 1.29 is 4.79 Å². The lowest BCUT2D eigenvalue weighted by Gasteiger charge is -2.13. The number of nitrogens with zero attached hydrogens (tertiary/aromatic N) is 2. The van der Waals surface area contributed by atoms with Crippen LogP contribution in [0.25, 0.3) is 21.8 Å². The van der Waals surface area contributed by atoms with Gasteiger partial charge in [-0.25, -0.2) is 4.98 Å². The van der Waals surface area contributed by atoms with Gasteiger partial charge >= 0.3 is 0 Å². The minimum Gasteiger partial charge on any atom is -0.352 e. The lowest BCUT2D eigenvalue weighted by atomic mass is 10.1. The summed E-state index contributed by atoms with van der Waals surface area (Å²) >= 11 is 0. The zero-order valence-corrected chi connectivity index (χ0v) is 15.9. The molecule has 6 nitrogen and oxygen atoms in total. The molecule has 2 aromatic carbocycles. The van der Waals surface area contributed by atoms with Crippen molar-refractivity contribution in [3.05, 3.63) is 76.5 Å². The molecular weight excluding hydrogens is 352 g/mol. The number of aromatic nitrogens is 3. The van der Waals surface area contributed by atoms with Gasteiger partial charge in [0.2, 0.25) is 0 Å². The second-order valence-electron chi connectivity index (χ2n) is 7.06. The number of carbonyl (C=O) groups excluding carboxylic acids is 1. The third kappa shape index (κ3) is 3.17. The number of hydrogen-bond donors (Lipinski definition) is 2. The molecule has 0 unspecified atom stereocenters. The second-order valence-corrected chi connectivity index (χ2v) is 7.06. The Bertz CT molecular complexity index is 1220. The third-order valence-electron chi connectivity index (χ3n) is 4.87. The van der Waals surface area contributed by atoms with Crippen molar-refractivity contribution in [2.45, 2.75) is 26.3 Å². The van der Waals surface area contributed by atoms with Gasteiger partial charge in [-0.05, 0) is 32.0 Å². The van der Waals surface area contributed by atoms with Gasteiger partial charge in [0.05, 0.1) is 16.6 Å². The summed E-state index contributed by atoms with van der Waals surface area (Å²) in [6, 6.07) is 15.5. The van der Waals surface area contributed by atoms with Crippen molar-refractivity contribution in [1.82, 2.24) is 19.9 Å². The number of imidazole rings is 1. The standard InChI is InChI=1S/C22H22N4O2/c1-14(2)26-19-10-6-5-9-18(19)25-20(26)11-12-23-22(28)17-13-24-21(27)16-8-4-3-7-15(16)17/h3-10,13-14H,11-12H2,1-2H3,(H,23,28)(H,24,27). The summed E-state index contributed by atoms with van der Waals surface area (Å²) < 4.78 is 2.21. The quantitative estimate of drug-likeness (QED) is 0.562. The van der Waals surface area contributed by atoms with Gasteiger partial charge in [-0.3, -0.25) is 9.59 Å². The van der Waals surface area contributed by atoms with E-state index in [4.69, 9.17) is 4.98 Å². The molecule has 28 heavy (non-hydrogen) atoms. The maximum atomic E-state index is 12.7. The van der Waals surface area contributed by atoms with Crippen molar-refractivity contribution in [2.75, 3.05) is 6.54 Å². The molecule has 0 bridgehead atoms. The number of aromatic amines is 1.